The molecular weight excluding hydrogens is 276 g/mol. The van der Waals surface area contributed by atoms with Crippen LogP contribution in [0.2, 0.25) is 5.02 Å². The maximum atomic E-state index is 10.4. The van der Waals surface area contributed by atoms with E-state index in [1.54, 1.807) is 25.3 Å². The zero-order chi connectivity index (χ0) is 14.5. The molecule has 0 aliphatic rings. The molecule has 2 rings (SSSR count). The number of ether oxygens (including phenoxy) is 2. The summed E-state index contributed by atoms with van der Waals surface area (Å²) in [5, 5.41) is 10.8. The number of hydrogen-bond acceptors (Lipinski definition) is 3. The Morgan fingerprint density at radius 1 is 1.10 bits per heavy atom. The zero-order valence-electron chi connectivity index (χ0n) is 11.5. The highest BCUT2D eigenvalue weighted by Gasteiger charge is 2.12. The second-order valence-corrected chi connectivity index (χ2v) is 4.71. The van der Waals surface area contributed by atoms with Crippen molar-refractivity contribution >= 4 is 11.6 Å². The summed E-state index contributed by atoms with van der Waals surface area (Å²) in [6.45, 7) is 2.55. The Kier molecular flexibility index (Phi) is 4.88. The van der Waals surface area contributed by atoms with Crippen LogP contribution in [0, 0.1) is 0 Å². The minimum Gasteiger partial charge on any atom is -0.495 e. The van der Waals surface area contributed by atoms with Crippen LogP contribution in [0.3, 0.4) is 0 Å². The fourth-order valence-corrected chi connectivity index (χ4v) is 2.22. The fraction of sp³-hybridized carbons (Fsp3) is 0.250. The Morgan fingerprint density at radius 3 is 2.30 bits per heavy atom. The molecule has 0 amide bonds. The van der Waals surface area contributed by atoms with Crippen molar-refractivity contribution in [3.05, 3.63) is 58.6 Å². The Bertz CT molecular complexity index is 566. The summed E-state index contributed by atoms with van der Waals surface area (Å²) in [5.74, 6) is 1.38. The first-order valence-electron chi connectivity index (χ1n) is 6.40. The van der Waals surface area contributed by atoms with Crippen molar-refractivity contribution in [2.24, 2.45) is 0 Å². The van der Waals surface area contributed by atoms with Crippen LogP contribution in [-0.4, -0.2) is 18.8 Å². The first kappa shape index (κ1) is 14.7. The molecule has 20 heavy (non-hydrogen) atoms. The van der Waals surface area contributed by atoms with E-state index < -0.39 is 6.10 Å². The van der Waals surface area contributed by atoms with E-state index in [1.165, 1.54) is 0 Å². The van der Waals surface area contributed by atoms with Gasteiger partial charge in [-0.15, -0.1) is 0 Å². The number of benzene rings is 2. The van der Waals surface area contributed by atoms with Gasteiger partial charge in [-0.25, -0.2) is 0 Å². The van der Waals surface area contributed by atoms with Gasteiger partial charge in [0.2, 0.25) is 0 Å². The highest BCUT2D eigenvalue weighted by molar-refractivity contribution is 6.32. The summed E-state index contributed by atoms with van der Waals surface area (Å²) in [6.07, 6.45) is -0.728. The molecule has 3 nitrogen and oxygen atoms in total. The molecular formula is C16H17ClO3. The third kappa shape index (κ3) is 3.24. The van der Waals surface area contributed by atoms with Crippen LogP contribution in [0.4, 0.5) is 0 Å². The molecule has 0 aliphatic heterocycles. The molecule has 0 saturated carbocycles. The second kappa shape index (κ2) is 6.64. The van der Waals surface area contributed by atoms with Crippen molar-refractivity contribution in [3.8, 4) is 11.5 Å². The molecule has 0 bridgehead atoms. The Balaban J connectivity index is 2.21. The van der Waals surface area contributed by atoms with Crippen LogP contribution in [0.5, 0.6) is 11.5 Å². The number of aliphatic hydroxyl groups is 1. The molecule has 2 aromatic carbocycles. The van der Waals surface area contributed by atoms with E-state index in [2.05, 4.69) is 0 Å². The average molecular weight is 293 g/mol. The van der Waals surface area contributed by atoms with Gasteiger partial charge in [-0.1, -0.05) is 29.8 Å². The first-order chi connectivity index (χ1) is 9.65. The largest absolute Gasteiger partial charge is 0.495 e. The number of aliphatic hydroxyl groups excluding tert-OH is 1. The molecule has 0 saturated heterocycles. The predicted octanol–water partition coefficient (Wildman–Crippen LogP) is 3.83. The van der Waals surface area contributed by atoms with E-state index in [4.69, 9.17) is 21.1 Å². The van der Waals surface area contributed by atoms with E-state index in [0.29, 0.717) is 17.4 Å². The van der Waals surface area contributed by atoms with Gasteiger partial charge in [0.1, 0.15) is 17.6 Å². The average Bonchev–Trinajstić information content (AvgIpc) is 2.47. The van der Waals surface area contributed by atoms with Gasteiger partial charge in [0.15, 0.2) is 0 Å². The molecule has 2 aromatic rings. The van der Waals surface area contributed by atoms with E-state index in [9.17, 15) is 5.11 Å². The second-order valence-electron chi connectivity index (χ2n) is 4.30. The lowest BCUT2D eigenvalue weighted by molar-refractivity contribution is 0.220. The molecule has 0 spiro atoms. The molecule has 0 fully saturated rings. The molecule has 1 unspecified atom stereocenters. The number of methoxy groups -OCH3 is 1. The van der Waals surface area contributed by atoms with Gasteiger partial charge in [0, 0.05) is 0 Å². The van der Waals surface area contributed by atoms with Crippen molar-refractivity contribution in [3.63, 3.8) is 0 Å². The molecule has 0 aromatic heterocycles. The lowest BCUT2D eigenvalue weighted by atomic mass is 10.0. The lowest BCUT2D eigenvalue weighted by Gasteiger charge is -2.13. The third-order valence-electron chi connectivity index (χ3n) is 3.00. The summed E-state index contributed by atoms with van der Waals surface area (Å²) in [7, 11) is 1.56. The van der Waals surface area contributed by atoms with Gasteiger partial charge in [0.25, 0.3) is 0 Å². The monoisotopic (exact) mass is 292 g/mol. The lowest BCUT2D eigenvalue weighted by Crippen LogP contribution is -2.00. The number of halogens is 1. The molecule has 1 N–H and O–H groups in total. The highest BCUT2D eigenvalue weighted by Crippen LogP contribution is 2.30. The molecule has 0 aliphatic carbocycles. The normalized spacial score (nSPS) is 12.0. The van der Waals surface area contributed by atoms with Crippen LogP contribution >= 0.6 is 11.6 Å². The van der Waals surface area contributed by atoms with Crippen molar-refractivity contribution in [2.45, 2.75) is 13.0 Å². The topological polar surface area (TPSA) is 38.7 Å². The SMILES string of the molecule is CCOc1ccc(C(O)c2ccc(OC)c(Cl)c2)cc1. The predicted molar refractivity (Wildman–Crippen MR) is 79.7 cm³/mol. The van der Waals surface area contributed by atoms with E-state index >= 15 is 0 Å². The van der Waals surface area contributed by atoms with Crippen molar-refractivity contribution in [1.82, 2.24) is 0 Å². The number of hydrogen-bond donors (Lipinski definition) is 1. The summed E-state index contributed by atoms with van der Waals surface area (Å²) < 4.78 is 10.5. The third-order valence-corrected chi connectivity index (χ3v) is 3.29. The Morgan fingerprint density at radius 2 is 1.75 bits per heavy atom. The summed E-state index contributed by atoms with van der Waals surface area (Å²) >= 11 is 6.07. The summed E-state index contributed by atoms with van der Waals surface area (Å²) in [5.41, 5.74) is 1.51. The van der Waals surface area contributed by atoms with E-state index in [-0.39, 0.29) is 0 Å². The zero-order valence-corrected chi connectivity index (χ0v) is 12.2. The van der Waals surface area contributed by atoms with Gasteiger partial charge in [0.05, 0.1) is 18.7 Å². The minimum atomic E-state index is -0.728. The molecule has 1 atom stereocenters. The molecule has 4 heteroatoms. The molecule has 0 radical (unpaired) electrons. The van der Waals surface area contributed by atoms with Crippen LogP contribution in [0.1, 0.15) is 24.2 Å². The van der Waals surface area contributed by atoms with E-state index in [0.717, 1.165) is 16.9 Å². The Hall–Kier alpha value is -1.71. The van der Waals surface area contributed by atoms with Crippen molar-refractivity contribution in [2.75, 3.05) is 13.7 Å². The molecule has 0 heterocycles. The highest BCUT2D eigenvalue weighted by atomic mass is 35.5. The molecule has 106 valence electrons. The summed E-state index contributed by atoms with van der Waals surface area (Å²) in [6, 6.07) is 12.6. The van der Waals surface area contributed by atoms with E-state index in [1.807, 2.05) is 31.2 Å². The van der Waals surface area contributed by atoms with Crippen LogP contribution in [0.15, 0.2) is 42.5 Å². The smallest absolute Gasteiger partial charge is 0.137 e. The maximum absolute atomic E-state index is 10.4. The summed E-state index contributed by atoms with van der Waals surface area (Å²) in [4.78, 5) is 0. The van der Waals surface area contributed by atoms with Gasteiger partial charge >= 0.3 is 0 Å². The Labute approximate surface area is 123 Å². The van der Waals surface area contributed by atoms with Crippen LogP contribution < -0.4 is 9.47 Å². The minimum absolute atomic E-state index is 0.481. The number of rotatable bonds is 5. The quantitative estimate of drug-likeness (QED) is 0.910. The maximum Gasteiger partial charge on any atom is 0.137 e. The van der Waals surface area contributed by atoms with Gasteiger partial charge < -0.3 is 14.6 Å². The van der Waals surface area contributed by atoms with Crippen LogP contribution in [0.25, 0.3) is 0 Å². The fourth-order valence-electron chi connectivity index (χ4n) is 1.96. The van der Waals surface area contributed by atoms with Gasteiger partial charge in [-0.3, -0.25) is 0 Å². The standard InChI is InChI=1S/C16H17ClO3/c1-3-20-13-7-4-11(5-8-13)16(18)12-6-9-15(19-2)14(17)10-12/h4-10,16,18H,3H2,1-2H3. The van der Waals surface area contributed by atoms with Crippen molar-refractivity contribution < 1.29 is 14.6 Å². The van der Waals surface area contributed by atoms with Crippen LogP contribution in [-0.2, 0) is 0 Å². The van der Waals surface area contributed by atoms with Gasteiger partial charge in [-0.2, -0.15) is 0 Å². The van der Waals surface area contributed by atoms with Crippen molar-refractivity contribution in [1.29, 1.82) is 0 Å². The van der Waals surface area contributed by atoms with Gasteiger partial charge in [-0.05, 0) is 42.3 Å². The first-order valence-corrected chi connectivity index (χ1v) is 6.77.